The molecular weight excluding hydrogens is 425 g/mol. The molecule has 2 aromatic rings. The van der Waals surface area contributed by atoms with Crippen molar-refractivity contribution in [3.05, 3.63) is 39.0 Å². The molecule has 0 saturated carbocycles. The molecule has 2 saturated heterocycles. The molecule has 1 amide bonds. The lowest BCUT2D eigenvalue weighted by Crippen LogP contribution is -2.51. The van der Waals surface area contributed by atoms with Crippen molar-refractivity contribution in [2.75, 3.05) is 12.8 Å². The molecule has 3 heterocycles. The number of rotatable bonds is 1. The highest BCUT2D eigenvalue weighted by Gasteiger charge is 2.42. The summed E-state index contributed by atoms with van der Waals surface area (Å²) in [6.45, 7) is 0.719. The first-order valence-electron chi connectivity index (χ1n) is 9.07. The zero-order valence-corrected chi connectivity index (χ0v) is 16.5. The van der Waals surface area contributed by atoms with Crippen LogP contribution in [-0.2, 0) is 6.54 Å². The third-order valence-electron chi connectivity index (χ3n) is 6.58. The van der Waals surface area contributed by atoms with E-state index < -0.39 is 0 Å². The van der Waals surface area contributed by atoms with E-state index in [4.69, 9.17) is 5.73 Å². The number of piperidine rings is 1. The molecule has 130 valence electrons. The Kier molecular flexibility index (Phi) is 3.54. The van der Waals surface area contributed by atoms with Crippen LogP contribution in [-0.4, -0.2) is 40.9 Å². The fourth-order valence-corrected chi connectivity index (χ4v) is 5.79. The van der Waals surface area contributed by atoms with E-state index in [2.05, 4.69) is 51.6 Å². The molecule has 2 aromatic carbocycles. The molecule has 0 radical (unpaired) electrons. The molecule has 0 aliphatic carbocycles. The molecule has 25 heavy (non-hydrogen) atoms. The van der Waals surface area contributed by atoms with Gasteiger partial charge in [0.15, 0.2) is 0 Å². The van der Waals surface area contributed by atoms with Gasteiger partial charge in [0.05, 0.1) is 5.69 Å². The van der Waals surface area contributed by atoms with E-state index >= 15 is 0 Å². The van der Waals surface area contributed by atoms with Gasteiger partial charge in [0.25, 0.3) is 5.91 Å². The number of anilines is 1. The van der Waals surface area contributed by atoms with Crippen LogP contribution in [0.25, 0.3) is 10.8 Å². The van der Waals surface area contributed by atoms with Crippen LogP contribution < -0.4 is 5.73 Å². The summed E-state index contributed by atoms with van der Waals surface area (Å²) < 4.78 is 0.968. The van der Waals surface area contributed by atoms with E-state index in [9.17, 15) is 4.79 Å². The van der Waals surface area contributed by atoms with Gasteiger partial charge in [-0.1, -0.05) is 18.2 Å². The molecule has 2 fully saturated rings. The van der Waals surface area contributed by atoms with Crippen molar-refractivity contribution >= 4 is 45.0 Å². The summed E-state index contributed by atoms with van der Waals surface area (Å²) >= 11 is 2.25. The molecule has 0 unspecified atom stereocenters. The molecule has 3 aliphatic rings. The van der Waals surface area contributed by atoms with Gasteiger partial charge >= 0.3 is 0 Å². The van der Waals surface area contributed by atoms with E-state index in [1.54, 1.807) is 0 Å². The standard InChI is InChI=1S/C20H22IN3O/c1-23-12-5-6-13(23)8-14(7-12)24-10-11-3-2-4-15-18(11)16(20(24)25)9-17(21)19(15)22/h2-4,9,12-14H,5-8,10,22H2,1H3/t12-,13+,14+. The van der Waals surface area contributed by atoms with E-state index in [-0.39, 0.29) is 5.91 Å². The maximum atomic E-state index is 13.3. The minimum absolute atomic E-state index is 0.190. The average molecular weight is 447 g/mol. The van der Waals surface area contributed by atoms with Gasteiger partial charge in [-0.05, 0) is 67.0 Å². The number of hydrogen-bond donors (Lipinski definition) is 1. The van der Waals surface area contributed by atoms with Crippen LogP contribution in [0.15, 0.2) is 24.3 Å². The Balaban J connectivity index is 1.58. The van der Waals surface area contributed by atoms with Crippen molar-refractivity contribution in [3.63, 3.8) is 0 Å². The highest BCUT2D eigenvalue weighted by Crippen LogP contribution is 2.41. The number of halogens is 1. The van der Waals surface area contributed by atoms with Gasteiger partial charge in [0, 0.05) is 44.6 Å². The number of amides is 1. The van der Waals surface area contributed by atoms with Gasteiger partial charge in [-0.2, -0.15) is 0 Å². The van der Waals surface area contributed by atoms with Crippen LogP contribution >= 0.6 is 22.6 Å². The average Bonchev–Trinajstić information content (AvgIpc) is 2.83. The number of nitrogens with two attached hydrogens (primary N) is 1. The number of carbonyl (C=O) groups excluding carboxylic acids is 1. The van der Waals surface area contributed by atoms with Crippen LogP contribution in [0.2, 0.25) is 0 Å². The van der Waals surface area contributed by atoms with E-state index in [0.29, 0.717) is 18.1 Å². The molecule has 0 spiro atoms. The normalized spacial score (nSPS) is 28.8. The van der Waals surface area contributed by atoms with Crippen molar-refractivity contribution in [2.45, 2.75) is 50.4 Å². The van der Waals surface area contributed by atoms with E-state index in [0.717, 1.165) is 45.0 Å². The third-order valence-corrected chi connectivity index (χ3v) is 7.48. The zero-order chi connectivity index (χ0) is 17.3. The summed E-state index contributed by atoms with van der Waals surface area (Å²) in [5.74, 6) is 0.190. The Bertz CT molecular complexity index is 882. The minimum Gasteiger partial charge on any atom is -0.397 e. The Labute approximate surface area is 161 Å². The summed E-state index contributed by atoms with van der Waals surface area (Å²) in [6.07, 6.45) is 4.77. The Morgan fingerprint density at radius 3 is 2.60 bits per heavy atom. The first-order chi connectivity index (χ1) is 12.0. The smallest absolute Gasteiger partial charge is 0.255 e. The summed E-state index contributed by atoms with van der Waals surface area (Å²) in [6, 6.07) is 9.89. The van der Waals surface area contributed by atoms with E-state index in [1.165, 1.54) is 18.4 Å². The van der Waals surface area contributed by atoms with Gasteiger partial charge in [-0.25, -0.2) is 0 Å². The lowest BCUT2D eigenvalue weighted by atomic mass is 9.90. The van der Waals surface area contributed by atoms with Crippen LogP contribution in [0.4, 0.5) is 5.69 Å². The second-order valence-corrected chi connectivity index (χ2v) is 8.93. The highest BCUT2D eigenvalue weighted by atomic mass is 127. The highest BCUT2D eigenvalue weighted by molar-refractivity contribution is 14.1. The van der Waals surface area contributed by atoms with Crippen molar-refractivity contribution < 1.29 is 4.79 Å². The van der Waals surface area contributed by atoms with Crippen LogP contribution in [0, 0.1) is 3.57 Å². The molecule has 3 aliphatic heterocycles. The fourth-order valence-electron chi connectivity index (χ4n) is 5.19. The van der Waals surface area contributed by atoms with Crippen molar-refractivity contribution in [1.82, 2.24) is 9.80 Å². The molecule has 3 atom stereocenters. The van der Waals surface area contributed by atoms with Gasteiger partial charge in [0.2, 0.25) is 0 Å². The number of fused-ring (bicyclic) bond motifs is 2. The Hall–Kier alpha value is -1.34. The SMILES string of the molecule is CN1[C@@H]2CC[C@H]1C[C@@H](N1Cc3cccc4c(N)c(I)cc(c34)C1=O)C2. The number of benzene rings is 2. The second-order valence-electron chi connectivity index (χ2n) is 7.77. The lowest BCUT2D eigenvalue weighted by Gasteiger charge is -2.43. The molecule has 2 N–H and O–H groups in total. The fraction of sp³-hybridized carbons (Fsp3) is 0.450. The summed E-state index contributed by atoms with van der Waals surface area (Å²) in [4.78, 5) is 18.0. The predicted octanol–water partition coefficient (Wildman–Crippen LogP) is 3.61. The summed E-state index contributed by atoms with van der Waals surface area (Å²) in [7, 11) is 2.25. The molecule has 0 aromatic heterocycles. The van der Waals surface area contributed by atoms with Crippen molar-refractivity contribution in [1.29, 1.82) is 0 Å². The number of hydrogen-bond acceptors (Lipinski definition) is 3. The molecule has 2 bridgehead atoms. The summed E-state index contributed by atoms with van der Waals surface area (Å²) in [5.41, 5.74) is 9.14. The Morgan fingerprint density at radius 1 is 1.16 bits per heavy atom. The molecule has 5 heteroatoms. The first kappa shape index (κ1) is 15.9. The summed E-state index contributed by atoms with van der Waals surface area (Å²) in [5, 5.41) is 2.09. The zero-order valence-electron chi connectivity index (χ0n) is 14.3. The number of nitrogens with zero attached hydrogens (tertiary/aromatic N) is 2. The molecular formula is C20H22IN3O. The largest absolute Gasteiger partial charge is 0.397 e. The van der Waals surface area contributed by atoms with Crippen molar-refractivity contribution in [3.8, 4) is 0 Å². The predicted molar refractivity (Wildman–Crippen MR) is 109 cm³/mol. The van der Waals surface area contributed by atoms with Crippen LogP contribution in [0.5, 0.6) is 0 Å². The third kappa shape index (κ3) is 2.24. The van der Waals surface area contributed by atoms with Crippen molar-refractivity contribution in [2.24, 2.45) is 0 Å². The van der Waals surface area contributed by atoms with Crippen LogP contribution in [0.3, 0.4) is 0 Å². The maximum absolute atomic E-state index is 13.3. The van der Waals surface area contributed by atoms with Gasteiger partial charge in [-0.15, -0.1) is 0 Å². The van der Waals surface area contributed by atoms with Crippen LogP contribution in [0.1, 0.15) is 41.6 Å². The van der Waals surface area contributed by atoms with E-state index in [1.807, 2.05) is 12.1 Å². The maximum Gasteiger partial charge on any atom is 0.255 e. The van der Waals surface area contributed by atoms with Gasteiger partial charge < -0.3 is 15.5 Å². The number of nitrogen functional groups attached to an aromatic ring is 1. The minimum atomic E-state index is 0.190. The second kappa shape index (κ2) is 5.58. The monoisotopic (exact) mass is 447 g/mol. The first-order valence-corrected chi connectivity index (χ1v) is 10.1. The number of carbonyl (C=O) groups is 1. The molecule has 5 rings (SSSR count). The Morgan fingerprint density at radius 2 is 1.88 bits per heavy atom. The van der Waals surface area contributed by atoms with Gasteiger partial charge in [-0.3, -0.25) is 4.79 Å². The topological polar surface area (TPSA) is 49.6 Å². The van der Waals surface area contributed by atoms with Gasteiger partial charge in [0.1, 0.15) is 0 Å². The quantitative estimate of drug-likeness (QED) is 0.537. The molecule has 4 nitrogen and oxygen atoms in total. The lowest BCUT2D eigenvalue weighted by molar-refractivity contribution is 0.0452.